The van der Waals surface area contributed by atoms with Gasteiger partial charge in [-0.15, -0.1) is 0 Å². The van der Waals surface area contributed by atoms with Crippen LogP contribution in [0.3, 0.4) is 0 Å². The molecular weight excluding hydrogens is 475 g/mol. The van der Waals surface area contributed by atoms with Gasteiger partial charge in [-0.25, -0.2) is 13.2 Å². The first kappa shape index (κ1) is 24.8. The minimum Gasteiger partial charge on any atom is -0.488 e. The Morgan fingerprint density at radius 2 is 1.78 bits per heavy atom. The zero-order valence-electron chi connectivity index (χ0n) is 21.9. The third kappa shape index (κ3) is 5.00. The van der Waals surface area contributed by atoms with E-state index in [0.29, 0.717) is 6.42 Å². The molecule has 1 saturated carbocycles. The van der Waals surface area contributed by atoms with Gasteiger partial charge < -0.3 is 9.72 Å². The molecule has 0 radical (unpaired) electrons. The van der Waals surface area contributed by atoms with Crippen molar-refractivity contribution in [3.05, 3.63) is 64.9 Å². The maximum atomic E-state index is 15.8. The van der Waals surface area contributed by atoms with Crippen molar-refractivity contribution < 1.29 is 17.9 Å². The molecule has 1 saturated heterocycles. The highest BCUT2D eigenvalue weighted by Crippen LogP contribution is 2.44. The molecule has 1 aliphatic carbocycles. The van der Waals surface area contributed by atoms with E-state index >= 15 is 8.78 Å². The monoisotopic (exact) mass is 511 g/mol. The molecule has 3 heterocycles. The van der Waals surface area contributed by atoms with Crippen LogP contribution in [0.4, 0.5) is 13.2 Å². The van der Waals surface area contributed by atoms with E-state index in [2.05, 4.69) is 9.88 Å². The van der Waals surface area contributed by atoms with E-state index in [-0.39, 0.29) is 30.0 Å². The topological polar surface area (TPSA) is 31.5 Å². The number of rotatable bonds is 8. The fraction of sp³-hybridized carbons (Fsp3) is 0.533. The third-order valence-corrected chi connectivity index (χ3v) is 8.18. The summed E-state index contributed by atoms with van der Waals surface area (Å²) < 4.78 is 52.4. The Morgan fingerprint density at radius 3 is 2.46 bits per heavy atom. The van der Waals surface area contributed by atoms with Gasteiger partial charge in [-0.1, -0.05) is 31.0 Å². The second-order valence-electron chi connectivity index (χ2n) is 11.9. The van der Waals surface area contributed by atoms with E-state index in [1.54, 1.807) is 0 Å². The van der Waals surface area contributed by atoms with Crippen molar-refractivity contribution in [1.29, 1.82) is 0 Å². The van der Waals surface area contributed by atoms with Crippen molar-refractivity contribution in [2.45, 2.75) is 70.3 Å². The number of aromatic nitrogens is 1. The SMILES string of the molecule is C[C@@H]1Cc2c([nH]c3ccccc23)[C@@H](c2c(F)cc(OC3CN(CCC4CC4)C3)cc2F)N1CC(C)(C)F. The van der Waals surface area contributed by atoms with Crippen LogP contribution in [0, 0.1) is 17.6 Å². The van der Waals surface area contributed by atoms with Gasteiger partial charge in [0.2, 0.25) is 0 Å². The van der Waals surface area contributed by atoms with E-state index in [0.717, 1.165) is 47.7 Å². The van der Waals surface area contributed by atoms with Crippen LogP contribution in [0.2, 0.25) is 0 Å². The average molecular weight is 512 g/mol. The fourth-order valence-corrected chi connectivity index (χ4v) is 6.13. The highest BCUT2D eigenvalue weighted by molar-refractivity contribution is 5.85. The summed E-state index contributed by atoms with van der Waals surface area (Å²) in [6.45, 7) is 7.72. The largest absolute Gasteiger partial charge is 0.488 e. The van der Waals surface area contributed by atoms with Gasteiger partial charge in [0, 0.05) is 60.0 Å². The summed E-state index contributed by atoms with van der Waals surface area (Å²) in [6, 6.07) is 9.63. The van der Waals surface area contributed by atoms with E-state index in [9.17, 15) is 4.39 Å². The highest BCUT2D eigenvalue weighted by atomic mass is 19.1. The normalized spacial score (nSPS) is 23.3. The Hall–Kier alpha value is -2.51. The number of alkyl halides is 1. The Kier molecular flexibility index (Phi) is 6.27. The molecule has 4 nitrogen and oxygen atoms in total. The van der Waals surface area contributed by atoms with E-state index < -0.39 is 23.3 Å². The number of likely N-dealkylation sites (tertiary alicyclic amines) is 1. The Labute approximate surface area is 216 Å². The molecule has 1 N–H and O–H groups in total. The molecule has 2 atom stereocenters. The number of hydrogen-bond donors (Lipinski definition) is 1. The van der Waals surface area contributed by atoms with Crippen LogP contribution >= 0.6 is 0 Å². The molecule has 0 amide bonds. The molecule has 37 heavy (non-hydrogen) atoms. The first-order valence-electron chi connectivity index (χ1n) is 13.6. The van der Waals surface area contributed by atoms with Crippen LogP contribution in [-0.2, 0) is 6.42 Å². The standard InChI is InChI=1S/C30H36F3N3O/c1-18-12-23-22-6-4-5-7-26(22)34-28(23)29(36(18)17-30(2,3)33)27-24(31)13-20(14-25(27)32)37-21-15-35(16-21)11-10-19-8-9-19/h4-7,13-14,18-19,21,29,34H,8-12,15-17H2,1-3H3/t18-,29-/m1/s1. The van der Waals surface area contributed by atoms with Gasteiger partial charge in [0.1, 0.15) is 29.2 Å². The minimum atomic E-state index is -1.53. The summed E-state index contributed by atoms with van der Waals surface area (Å²) in [5.74, 6) is -0.224. The number of nitrogens with zero attached hydrogens (tertiary/aromatic N) is 2. The predicted molar refractivity (Wildman–Crippen MR) is 140 cm³/mol. The summed E-state index contributed by atoms with van der Waals surface area (Å²) in [6.07, 6.45) is 4.54. The van der Waals surface area contributed by atoms with Crippen molar-refractivity contribution in [1.82, 2.24) is 14.8 Å². The molecule has 3 aliphatic rings. The Bertz CT molecular complexity index is 1270. The number of hydrogen-bond acceptors (Lipinski definition) is 3. The van der Waals surface area contributed by atoms with Crippen LogP contribution in [0.15, 0.2) is 36.4 Å². The summed E-state index contributed by atoms with van der Waals surface area (Å²) >= 11 is 0. The van der Waals surface area contributed by atoms with Crippen molar-refractivity contribution in [3.8, 4) is 5.75 Å². The molecule has 2 aliphatic heterocycles. The molecule has 2 aromatic carbocycles. The first-order valence-corrected chi connectivity index (χ1v) is 13.6. The zero-order chi connectivity index (χ0) is 25.9. The van der Waals surface area contributed by atoms with E-state index in [1.165, 1.54) is 45.2 Å². The van der Waals surface area contributed by atoms with Crippen molar-refractivity contribution in [2.24, 2.45) is 5.92 Å². The lowest BCUT2D eigenvalue weighted by Crippen LogP contribution is -2.53. The number of aromatic amines is 1. The molecular formula is C30H36F3N3O. The van der Waals surface area contributed by atoms with Gasteiger partial charge in [-0.3, -0.25) is 9.80 Å². The number of fused-ring (bicyclic) bond motifs is 3. The molecule has 3 aromatic rings. The number of para-hydroxylation sites is 1. The summed E-state index contributed by atoms with van der Waals surface area (Å²) in [7, 11) is 0. The van der Waals surface area contributed by atoms with E-state index in [1.807, 2.05) is 36.1 Å². The zero-order valence-corrected chi connectivity index (χ0v) is 21.9. The number of ether oxygens (including phenoxy) is 1. The highest BCUT2D eigenvalue weighted by Gasteiger charge is 2.41. The number of H-pyrrole nitrogens is 1. The second-order valence-corrected chi connectivity index (χ2v) is 11.9. The van der Waals surface area contributed by atoms with Gasteiger partial charge in [-0.05, 0) is 57.7 Å². The summed E-state index contributed by atoms with van der Waals surface area (Å²) in [5.41, 5.74) is 1.11. The van der Waals surface area contributed by atoms with Crippen LogP contribution < -0.4 is 4.74 Å². The van der Waals surface area contributed by atoms with E-state index in [4.69, 9.17) is 4.74 Å². The first-order chi connectivity index (χ1) is 17.7. The molecule has 6 rings (SSSR count). The van der Waals surface area contributed by atoms with Gasteiger partial charge in [0.25, 0.3) is 0 Å². The fourth-order valence-electron chi connectivity index (χ4n) is 6.13. The molecule has 0 spiro atoms. The smallest absolute Gasteiger partial charge is 0.135 e. The lowest BCUT2D eigenvalue weighted by atomic mass is 9.87. The lowest BCUT2D eigenvalue weighted by Gasteiger charge is -2.43. The van der Waals surface area contributed by atoms with Crippen LogP contribution in [0.1, 0.15) is 62.9 Å². The minimum absolute atomic E-state index is 0.0531. The predicted octanol–water partition coefficient (Wildman–Crippen LogP) is 6.39. The quantitative estimate of drug-likeness (QED) is 0.380. The Morgan fingerprint density at radius 1 is 1.08 bits per heavy atom. The van der Waals surface area contributed by atoms with Crippen LogP contribution in [-0.4, -0.2) is 58.8 Å². The maximum Gasteiger partial charge on any atom is 0.135 e. The summed E-state index contributed by atoms with van der Waals surface area (Å²) in [4.78, 5) is 7.64. The average Bonchev–Trinajstić information content (AvgIpc) is 3.56. The molecule has 0 bridgehead atoms. The van der Waals surface area contributed by atoms with Gasteiger partial charge in [-0.2, -0.15) is 0 Å². The van der Waals surface area contributed by atoms with Gasteiger partial charge >= 0.3 is 0 Å². The Balaban J connectivity index is 1.30. The van der Waals surface area contributed by atoms with Crippen molar-refractivity contribution in [3.63, 3.8) is 0 Å². The lowest BCUT2D eigenvalue weighted by molar-refractivity contribution is 0.0180. The number of benzene rings is 2. The summed E-state index contributed by atoms with van der Waals surface area (Å²) in [5, 5.41) is 1.05. The number of nitrogens with one attached hydrogen (secondary N) is 1. The molecule has 0 unspecified atom stereocenters. The van der Waals surface area contributed by atoms with Gasteiger partial charge in [0.05, 0.1) is 6.04 Å². The van der Waals surface area contributed by atoms with Crippen molar-refractivity contribution in [2.75, 3.05) is 26.2 Å². The molecule has 1 aromatic heterocycles. The van der Waals surface area contributed by atoms with Crippen molar-refractivity contribution >= 4 is 10.9 Å². The van der Waals surface area contributed by atoms with Gasteiger partial charge in [0.15, 0.2) is 0 Å². The molecule has 7 heteroatoms. The maximum absolute atomic E-state index is 15.8. The number of halogens is 3. The second kappa shape index (κ2) is 9.35. The third-order valence-electron chi connectivity index (χ3n) is 8.18. The molecule has 2 fully saturated rings. The van der Waals surface area contributed by atoms with Crippen LogP contribution in [0.25, 0.3) is 10.9 Å². The molecule has 198 valence electrons. The van der Waals surface area contributed by atoms with Crippen LogP contribution in [0.5, 0.6) is 5.75 Å².